The van der Waals surface area contributed by atoms with Crippen molar-refractivity contribution in [3.8, 4) is 11.1 Å². The van der Waals surface area contributed by atoms with Crippen molar-refractivity contribution in [1.82, 2.24) is 30.2 Å². The Hall–Kier alpha value is -5.19. The Balaban J connectivity index is 0.881. The Bertz CT molecular complexity index is 2230. The van der Waals surface area contributed by atoms with Gasteiger partial charge in [-0.05, 0) is 71.8 Å². The number of carbonyl (C=O) groups excluding carboxylic acids is 2. The van der Waals surface area contributed by atoms with Gasteiger partial charge in [0.25, 0.3) is 5.91 Å². The number of benzene rings is 4. The molecule has 6 aromatic rings. The van der Waals surface area contributed by atoms with Crippen LogP contribution in [-0.4, -0.2) is 63.1 Å². The summed E-state index contributed by atoms with van der Waals surface area (Å²) in [5, 5.41) is 7.92. The molecule has 3 heterocycles. The van der Waals surface area contributed by atoms with Crippen molar-refractivity contribution in [2.24, 2.45) is 5.92 Å². The number of imidazole rings is 1. The van der Waals surface area contributed by atoms with Gasteiger partial charge in [-0.15, -0.1) is 0 Å². The number of likely N-dealkylation sites (tertiary alicyclic amines) is 1. The van der Waals surface area contributed by atoms with Crippen LogP contribution in [0, 0.1) is 5.92 Å². The van der Waals surface area contributed by atoms with Gasteiger partial charge in [0.05, 0.1) is 33.2 Å². The number of nitrogens with one attached hydrogen (secondary N) is 3. The Morgan fingerprint density at radius 2 is 1.74 bits per heavy atom. The zero-order valence-electron chi connectivity index (χ0n) is 27.1. The van der Waals surface area contributed by atoms with Gasteiger partial charge in [0.15, 0.2) is 0 Å². The number of rotatable bonds is 8. The van der Waals surface area contributed by atoms with E-state index in [4.69, 9.17) is 27.9 Å². The molecule has 2 amide bonds. The summed E-state index contributed by atoms with van der Waals surface area (Å²) in [6, 6.07) is 25.2. The van der Waals surface area contributed by atoms with Crippen LogP contribution < -0.4 is 10.6 Å². The predicted octanol–water partition coefficient (Wildman–Crippen LogP) is 7.99. The van der Waals surface area contributed by atoms with Crippen molar-refractivity contribution in [1.29, 1.82) is 0 Å². The van der Waals surface area contributed by atoms with Gasteiger partial charge in [0, 0.05) is 36.0 Å². The molecule has 0 unspecified atom stereocenters. The molecule has 0 bridgehead atoms. The van der Waals surface area contributed by atoms with Crippen molar-refractivity contribution < 1.29 is 14.3 Å². The molecule has 3 N–H and O–H groups in total. The van der Waals surface area contributed by atoms with Gasteiger partial charge in [0.2, 0.25) is 0 Å². The highest BCUT2D eigenvalue weighted by Gasteiger charge is 2.31. The smallest absolute Gasteiger partial charge is 0.407 e. The number of amides is 2. The predicted molar refractivity (Wildman–Crippen MR) is 195 cm³/mol. The van der Waals surface area contributed by atoms with Crippen LogP contribution in [0.1, 0.15) is 52.6 Å². The molecule has 1 fully saturated rings. The lowest BCUT2D eigenvalue weighted by molar-refractivity contribution is 0.0787. The summed E-state index contributed by atoms with van der Waals surface area (Å²) < 4.78 is 5.70. The molecule has 50 heavy (non-hydrogen) atoms. The van der Waals surface area contributed by atoms with E-state index < -0.39 is 6.09 Å². The molecule has 12 heteroatoms. The fraction of sp³-hybridized carbons (Fsp3) is 0.237. The average molecular weight is 707 g/mol. The molecule has 0 radical (unpaired) electrons. The van der Waals surface area contributed by atoms with Gasteiger partial charge in [-0.25, -0.2) is 19.7 Å². The lowest BCUT2D eigenvalue weighted by Gasteiger charge is -2.19. The Kier molecular flexibility index (Phi) is 8.50. The first-order valence-corrected chi connectivity index (χ1v) is 17.3. The van der Waals surface area contributed by atoms with Crippen molar-refractivity contribution in [3.05, 3.63) is 118 Å². The Morgan fingerprint density at radius 1 is 0.980 bits per heavy atom. The quantitative estimate of drug-likeness (QED) is 0.147. The normalized spacial score (nSPS) is 16.0. The van der Waals surface area contributed by atoms with E-state index in [-0.39, 0.29) is 30.4 Å². The zero-order valence-corrected chi connectivity index (χ0v) is 28.6. The van der Waals surface area contributed by atoms with Crippen LogP contribution in [0.5, 0.6) is 0 Å². The molecular formula is C38H33Cl2N7O3. The number of nitrogens with zero attached hydrogens (tertiary/aromatic N) is 4. The first-order chi connectivity index (χ1) is 24.3. The number of carbonyl (C=O) groups is 2. The minimum atomic E-state index is -0.461. The molecule has 1 saturated heterocycles. The van der Waals surface area contributed by atoms with E-state index in [1.54, 1.807) is 17.0 Å². The third-order valence-corrected chi connectivity index (χ3v) is 10.2. The summed E-state index contributed by atoms with van der Waals surface area (Å²) in [7, 11) is 0. The maximum absolute atomic E-state index is 13.7. The van der Waals surface area contributed by atoms with Gasteiger partial charge in [-0.1, -0.05) is 71.7 Å². The van der Waals surface area contributed by atoms with Crippen LogP contribution in [0.4, 0.5) is 10.6 Å². The molecule has 2 aliphatic rings. The van der Waals surface area contributed by atoms with Crippen molar-refractivity contribution in [2.45, 2.75) is 25.3 Å². The zero-order chi connectivity index (χ0) is 34.4. The number of alkyl carbamates (subject to hydrolysis) is 1. The first-order valence-electron chi connectivity index (χ1n) is 16.6. The standard InChI is InChI=1S/C38H33Cl2N7O3/c1-21(35-45-32-11-10-23(39)14-34(32)46-35)44-36-29-15-31(40)28(16-33(29)42-20-43-36)37(48)47-13-12-22(18-47)17-41-38(49)50-19-30-26-8-4-2-6-24(26)25-7-3-5-9-27(25)30/h2-11,14-16,20-22,30H,12-13,17-19H2,1H3,(H,41,49)(H,45,46)(H,42,43,44)/t21-,22-/m0/s1. The Morgan fingerprint density at radius 3 is 2.52 bits per heavy atom. The average Bonchev–Trinajstić information content (AvgIpc) is 3.86. The number of aromatic nitrogens is 4. The van der Waals surface area contributed by atoms with Gasteiger partial charge < -0.3 is 25.3 Å². The third kappa shape index (κ3) is 6.09. The Labute approximate surface area is 298 Å². The maximum atomic E-state index is 13.7. The van der Waals surface area contributed by atoms with Gasteiger partial charge in [0.1, 0.15) is 24.6 Å². The number of hydrogen-bond acceptors (Lipinski definition) is 7. The number of halogens is 2. The fourth-order valence-electron chi connectivity index (χ4n) is 7.06. The molecular weight excluding hydrogens is 673 g/mol. The van der Waals surface area contributed by atoms with Crippen molar-refractivity contribution in [2.75, 3.05) is 31.6 Å². The summed E-state index contributed by atoms with van der Waals surface area (Å²) in [5.41, 5.74) is 7.32. The van der Waals surface area contributed by atoms with Crippen LogP contribution in [0.2, 0.25) is 10.0 Å². The summed E-state index contributed by atoms with van der Waals surface area (Å²) in [6.45, 7) is 3.68. The topological polar surface area (TPSA) is 125 Å². The summed E-state index contributed by atoms with van der Waals surface area (Å²) in [6.07, 6.45) is 1.75. The first kappa shape index (κ1) is 32.0. The summed E-state index contributed by atoms with van der Waals surface area (Å²) >= 11 is 12.9. The van der Waals surface area contributed by atoms with Crippen LogP contribution in [0.3, 0.4) is 0 Å². The monoisotopic (exact) mass is 705 g/mol. The molecule has 0 saturated carbocycles. The van der Waals surface area contributed by atoms with E-state index in [1.165, 1.54) is 28.6 Å². The summed E-state index contributed by atoms with van der Waals surface area (Å²) in [4.78, 5) is 45.0. The number of hydrogen-bond donors (Lipinski definition) is 3. The van der Waals surface area contributed by atoms with E-state index >= 15 is 0 Å². The molecule has 1 aliphatic carbocycles. The minimum absolute atomic E-state index is 0.00313. The highest BCUT2D eigenvalue weighted by atomic mass is 35.5. The van der Waals surface area contributed by atoms with Crippen LogP contribution >= 0.6 is 23.2 Å². The van der Waals surface area contributed by atoms with Crippen LogP contribution in [0.15, 0.2) is 85.2 Å². The van der Waals surface area contributed by atoms with Crippen molar-refractivity contribution >= 4 is 63.0 Å². The molecule has 8 rings (SSSR count). The van der Waals surface area contributed by atoms with Gasteiger partial charge in [-0.3, -0.25) is 4.79 Å². The van der Waals surface area contributed by atoms with Crippen LogP contribution in [0.25, 0.3) is 33.1 Å². The second-order valence-electron chi connectivity index (χ2n) is 12.8. The van der Waals surface area contributed by atoms with E-state index in [9.17, 15) is 9.59 Å². The minimum Gasteiger partial charge on any atom is -0.449 e. The fourth-order valence-corrected chi connectivity index (χ4v) is 7.47. The lowest BCUT2D eigenvalue weighted by atomic mass is 9.98. The molecule has 4 aromatic carbocycles. The molecule has 0 spiro atoms. The second kappa shape index (κ2) is 13.3. The molecule has 2 aromatic heterocycles. The van der Waals surface area contributed by atoms with E-state index in [1.807, 2.05) is 49.4 Å². The summed E-state index contributed by atoms with van der Waals surface area (Å²) in [5.74, 6) is 1.21. The number of ether oxygens (including phenoxy) is 1. The number of aromatic amines is 1. The number of anilines is 1. The largest absolute Gasteiger partial charge is 0.449 e. The molecule has 10 nitrogen and oxygen atoms in total. The third-order valence-electron chi connectivity index (χ3n) is 9.63. The highest BCUT2D eigenvalue weighted by Crippen LogP contribution is 2.44. The van der Waals surface area contributed by atoms with E-state index in [2.05, 4.69) is 54.8 Å². The van der Waals surface area contributed by atoms with E-state index in [0.717, 1.165) is 23.3 Å². The van der Waals surface area contributed by atoms with Gasteiger partial charge in [-0.2, -0.15) is 0 Å². The molecule has 1 aliphatic heterocycles. The highest BCUT2D eigenvalue weighted by molar-refractivity contribution is 6.35. The molecule has 252 valence electrons. The van der Waals surface area contributed by atoms with E-state index in [0.29, 0.717) is 52.0 Å². The molecule has 2 atom stereocenters. The lowest BCUT2D eigenvalue weighted by Crippen LogP contribution is -2.33. The second-order valence-corrected chi connectivity index (χ2v) is 13.7. The number of fused-ring (bicyclic) bond motifs is 5. The van der Waals surface area contributed by atoms with Crippen LogP contribution in [-0.2, 0) is 4.74 Å². The number of H-pyrrole nitrogens is 1. The van der Waals surface area contributed by atoms with Crippen molar-refractivity contribution in [3.63, 3.8) is 0 Å². The maximum Gasteiger partial charge on any atom is 0.407 e. The van der Waals surface area contributed by atoms with Gasteiger partial charge >= 0.3 is 6.09 Å². The SMILES string of the molecule is C[C@H](Nc1ncnc2cc(C(=O)N3CC[C@@H](CNC(=O)OCC4c5ccccc5-c5ccccc54)C3)c(Cl)cc12)c1nc2cc(Cl)ccc2[nH]1.